The number of nitrogens with one attached hydrogen (secondary N) is 1. The van der Waals surface area contributed by atoms with Gasteiger partial charge in [0.15, 0.2) is 0 Å². The van der Waals surface area contributed by atoms with Gasteiger partial charge in [-0.25, -0.2) is 4.98 Å². The van der Waals surface area contributed by atoms with Crippen molar-refractivity contribution >= 4 is 17.4 Å². The summed E-state index contributed by atoms with van der Waals surface area (Å²) in [7, 11) is 0. The molecule has 1 fully saturated rings. The lowest BCUT2D eigenvalue weighted by molar-refractivity contribution is 0.560. The van der Waals surface area contributed by atoms with Gasteiger partial charge >= 0.3 is 0 Å². The number of hydrogen-bond acceptors (Lipinski definition) is 3. The first-order valence-electron chi connectivity index (χ1n) is 5.83. The van der Waals surface area contributed by atoms with Crippen LogP contribution in [0.4, 0.5) is 5.82 Å². The molecule has 0 spiro atoms. The van der Waals surface area contributed by atoms with Crippen LogP contribution >= 0.6 is 11.6 Å². The zero-order chi connectivity index (χ0) is 11.5. The molecule has 0 radical (unpaired) electrons. The predicted molar refractivity (Wildman–Crippen MR) is 67.0 cm³/mol. The molecule has 2 rings (SSSR count). The Morgan fingerprint density at radius 2 is 2.25 bits per heavy atom. The monoisotopic (exact) mass is 239 g/mol. The summed E-state index contributed by atoms with van der Waals surface area (Å²) in [5.41, 5.74) is 1.92. The van der Waals surface area contributed by atoms with E-state index < -0.39 is 0 Å². The van der Waals surface area contributed by atoms with Gasteiger partial charge in [0.25, 0.3) is 0 Å². The summed E-state index contributed by atoms with van der Waals surface area (Å²) in [6.45, 7) is 3.95. The molecule has 1 aliphatic rings. The predicted octanol–water partition coefficient (Wildman–Crippen LogP) is 2.91. The molecule has 16 heavy (non-hydrogen) atoms. The zero-order valence-corrected chi connectivity index (χ0v) is 10.6. The quantitative estimate of drug-likeness (QED) is 0.825. The second kappa shape index (κ2) is 5.00. The SMILES string of the molecule is Cc1cnc(C)c(NC2CCCC2CCl)n1. The maximum atomic E-state index is 5.96. The Morgan fingerprint density at radius 1 is 1.44 bits per heavy atom. The average molecular weight is 240 g/mol. The smallest absolute Gasteiger partial charge is 0.147 e. The van der Waals surface area contributed by atoms with Crippen LogP contribution in [0.3, 0.4) is 0 Å². The number of aryl methyl sites for hydroxylation is 2. The molecule has 2 atom stereocenters. The topological polar surface area (TPSA) is 37.8 Å². The average Bonchev–Trinajstić information content (AvgIpc) is 2.71. The minimum atomic E-state index is 0.465. The number of nitrogens with zero attached hydrogens (tertiary/aromatic N) is 2. The molecule has 1 heterocycles. The molecule has 1 N–H and O–H groups in total. The highest BCUT2D eigenvalue weighted by atomic mass is 35.5. The normalized spacial score (nSPS) is 24.7. The molecule has 4 heteroatoms. The molecule has 1 aromatic heterocycles. The van der Waals surface area contributed by atoms with E-state index in [-0.39, 0.29) is 0 Å². The maximum absolute atomic E-state index is 5.96. The Kier molecular flexibility index (Phi) is 3.64. The molecule has 0 amide bonds. The standard InChI is InChI=1S/C12H18ClN3/c1-8-7-14-9(2)12(15-8)16-11-5-3-4-10(11)6-13/h7,10-11H,3-6H2,1-2H3,(H,15,16). The number of alkyl halides is 1. The van der Waals surface area contributed by atoms with Crippen LogP contribution in [0, 0.1) is 19.8 Å². The molecule has 1 aromatic rings. The Balaban J connectivity index is 2.11. The van der Waals surface area contributed by atoms with Crippen LogP contribution in [0.25, 0.3) is 0 Å². The summed E-state index contributed by atoms with van der Waals surface area (Å²) in [6, 6.07) is 0.465. The van der Waals surface area contributed by atoms with E-state index in [9.17, 15) is 0 Å². The van der Waals surface area contributed by atoms with Crippen LogP contribution in [0.5, 0.6) is 0 Å². The van der Waals surface area contributed by atoms with Gasteiger partial charge in [-0.15, -0.1) is 11.6 Å². The molecule has 0 aromatic carbocycles. The van der Waals surface area contributed by atoms with Crippen molar-refractivity contribution in [2.75, 3.05) is 11.2 Å². The fourth-order valence-corrected chi connectivity index (χ4v) is 2.63. The van der Waals surface area contributed by atoms with E-state index in [0.717, 1.165) is 23.1 Å². The van der Waals surface area contributed by atoms with Crippen molar-refractivity contribution in [2.24, 2.45) is 5.92 Å². The highest BCUT2D eigenvalue weighted by molar-refractivity contribution is 6.18. The number of aromatic nitrogens is 2. The van der Waals surface area contributed by atoms with Crippen LogP contribution in [0.1, 0.15) is 30.7 Å². The van der Waals surface area contributed by atoms with Gasteiger partial charge in [-0.2, -0.15) is 0 Å². The molecular formula is C12H18ClN3. The minimum absolute atomic E-state index is 0.465. The van der Waals surface area contributed by atoms with Gasteiger partial charge in [-0.1, -0.05) is 6.42 Å². The minimum Gasteiger partial charge on any atom is -0.366 e. The summed E-state index contributed by atoms with van der Waals surface area (Å²) in [5, 5.41) is 3.49. The Hall–Kier alpha value is -0.830. The van der Waals surface area contributed by atoms with Gasteiger partial charge in [-0.05, 0) is 32.6 Å². The molecule has 0 saturated heterocycles. The van der Waals surface area contributed by atoms with E-state index in [1.807, 2.05) is 13.8 Å². The van der Waals surface area contributed by atoms with Crippen molar-refractivity contribution in [3.8, 4) is 0 Å². The van der Waals surface area contributed by atoms with Gasteiger partial charge in [-0.3, -0.25) is 4.98 Å². The lowest BCUT2D eigenvalue weighted by Gasteiger charge is -2.20. The van der Waals surface area contributed by atoms with Gasteiger partial charge in [0.2, 0.25) is 0 Å². The van der Waals surface area contributed by atoms with Crippen molar-refractivity contribution < 1.29 is 0 Å². The first-order chi connectivity index (χ1) is 7.70. The fourth-order valence-electron chi connectivity index (χ4n) is 2.26. The fraction of sp³-hybridized carbons (Fsp3) is 0.667. The second-order valence-corrected chi connectivity index (χ2v) is 4.85. The Bertz CT molecular complexity index is 367. The third kappa shape index (κ3) is 2.46. The molecule has 3 nitrogen and oxygen atoms in total. The van der Waals surface area contributed by atoms with E-state index >= 15 is 0 Å². The second-order valence-electron chi connectivity index (χ2n) is 4.54. The van der Waals surface area contributed by atoms with E-state index in [2.05, 4.69) is 15.3 Å². The third-order valence-corrected chi connectivity index (χ3v) is 3.65. The number of hydrogen-bond donors (Lipinski definition) is 1. The molecule has 0 aliphatic heterocycles. The summed E-state index contributed by atoms with van der Waals surface area (Å²) in [4.78, 5) is 8.80. The van der Waals surface area contributed by atoms with E-state index in [1.165, 1.54) is 19.3 Å². The van der Waals surface area contributed by atoms with Gasteiger partial charge < -0.3 is 5.32 Å². The number of halogens is 1. The molecule has 1 aliphatic carbocycles. The molecule has 88 valence electrons. The lowest BCUT2D eigenvalue weighted by atomic mass is 10.1. The highest BCUT2D eigenvalue weighted by Crippen LogP contribution is 2.29. The molecule has 2 unspecified atom stereocenters. The van der Waals surface area contributed by atoms with E-state index in [4.69, 9.17) is 11.6 Å². The van der Waals surface area contributed by atoms with Crippen LogP contribution in [-0.4, -0.2) is 21.9 Å². The van der Waals surface area contributed by atoms with Gasteiger partial charge in [0.1, 0.15) is 5.82 Å². The highest BCUT2D eigenvalue weighted by Gasteiger charge is 2.26. The largest absolute Gasteiger partial charge is 0.366 e. The van der Waals surface area contributed by atoms with E-state index in [1.54, 1.807) is 6.20 Å². The van der Waals surface area contributed by atoms with Crippen LogP contribution in [0.15, 0.2) is 6.20 Å². The van der Waals surface area contributed by atoms with Crippen LogP contribution in [-0.2, 0) is 0 Å². The van der Waals surface area contributed by atoms with Crippen molar-refractivity contribution in [3.05, 3.63) is 17.6 Å². The number of rotatable bonds is 3. The third-order valence-electron chi connectivity index (χ3n) is 3.26. The van der Waals surface area contributed by atoms with Crippen molar-refractivity contribution in [1.82, 2.24) is 9.97 Å². The van der Waals surface area contributed by atoms with Crippen molar-refractivity contribution in [1.29, 1.82) is 0 Å². The van der Waals surface area contributed by atoms with Crippen molar-refractivity contribution in [3.63, 3.8) is 0 Å². The molecule has 1 saturated carbocycles. The summed E-state index contributed by atoms with van der Waals surface area (Å²) in [6.07, 6.45) is 5.47. The summed E-state index contributed by atoms with van der Waals surface area (Å²) in [5.74, 6) is 2.22. The Morgan fingerprint density at radius 3 is 3.00 bits per heavy atom. The van der Waals surface area contributed by atoms with Crippen molar-refractivity contribution in [2.45, 2.75) is 39.2 Å². The van der Waals surface area contributed by atoms with E-state index in [0.29, 0.717) is 12.0 Å². The van der Waals surface area contributed by atoms with Gasteiger partial charge in [0.05, 0.1) is 11.4 Å². The van der Waals surface area contributed by atoms with Crippen LogP contribution in [0.2, 0.25) is 0 Å². The first-order valence-corrected chi connectivity index (χ1v) is 6.37. The molecular weight excluding hydrogens is 222 g/mol. The maximum Gasteiger partial charge on any atom is 0.147 e. The van der Waals surface area contributed by atoms with Gasteiger partial charge in [0, 0.05) is 18.1 Å². The molecule has 0 bridgehead atoms. The zero-order valence-electron chi connectivity index (χ0n) is 9.83. The lowest BCUT2D eigenvalue weighted by Crippen LogP contribution is -2.26. The number of anilines is 1. The summed E-state index contributed by atoms with van der Waals surface area (Å²) >= 11 is 5.96. The Labute approximate surface area is 102 Å². The van der Waals surface area contributed by atoms with Crippen LogP contribution < -0.4 is 5.32 Å². The first kappa shape index (κ1) is 11.6. The summed E-state index contributed by atoms with van der Waals surface area (Å²) < 4.78 is 0.